The van der Waals surface area contributed by atoms with Gasteiger partial charge in [-0.3, -0.25) is 9.69 Å². The molecule has 0 unspecified atom stereocenters. The summed E-state index contributed by atoms with van der Waals surface area (Å²) in [6, 6.07) is 10.7. The third-order valence-electron chi connectivity index (χ3n) is 4.45. The van der Waals surface area contributed by atoms with Crippen LogP contribution in [-0.2, 0) is 11.3 Å². The van der Waals surface area contributed by atoms with Gasteiger partial charge >= 0.3 is 0 Å². The number of phenols is 1. The molecule has 8 nitrogen and oxygen atoms in total. The summed E-state index contributed by atoms with van der Waals surface area (Å²) in [6.45, 7) is 0.228. The molecule has 1 aromatic carbocycles. The van der Waals surface area contributed by atoms with E-state index in [1.54, 1.807) is 54.2 Å². The second kappa shape index (κ2) is 9.75. The predicted octanol–water partition coefficient (Wildman–Crippen LogP) is 4.57. The molecule has 32 heavy (non-hydrogen) atoms. The number of thioether (sulfide) groups is 1. The zero-order chi connectivity index (χ0) is 22.5. The number of amidine groups is 1. The van der Waals surface area contributed by atoms with Crippen molar-refractivity contribution in [3.8, 4) is 17.2 Å². The largest absolute Gasteiger partial charge is 0.502 e. The van der Waals surface area contributed by atoms with Crippen LogP contribution in [0.2, 0.25) is 0 Å². The van der Waals surface area contributed by atoms with Crippen LogP contribution in [0, 0.1) is 0 Å². The minimum Gasteiger partial charge on any atom is -0.502 e. The molecular weight excluding hydrogens is 450 g/mol. The fourth-order valence-corrected chi connectivity index (χ4v) is 4.44. The van der Waals surface area contributed by atoms with Crippen LogP contribution in [-0.4, -0.2) is 41.5 Å². The number of benzene rings is 1. The van der Waals surface area contributed by atoms with Crippen LogP contribution in [0.1, 0.15) is 16.2 Å². The van der Waals surface area contributed by atoms with Crippen LogP contribution in [0.5, 0.6) is 17.2 Å². The molecule has 1 N–H and O–H groups in total. The lowest BCUT2D eigenvalue weighted by atomic mass is 10.1. The Balaban J connectivity index is 1.67. The Kier molecular flexibility index (Phi) is 6.62. The summed E-state index contributed by atoms with van der Waals surface area (Å²) in [7, 11) is 2.89. The predicted molar refractivity (Wildman–Crippen MR) is 125 cm³/mol. The first-order valence-corrected chi connectivity index (χ1v) is 11.1. The number of thiophene rings is 1. The summed E-state index contributed by atoms with van der Waals surface area (Å²) in [5, 5.41) is 20.9. The number of ether oxygens (including phenoxy) is 2. The standard InChI is InChI=1S/C22H19N3O5S2/c1-28-17-9-14(10-18(29-2)20(17)26)11-19-21(27)25(13-15-5-3-7-30-15)22(32-19)24-23-12-16-6-4-8-31-16/h3-12,26H,13H2,1-2H3/b19-11-,23-12+,24-22-. The molecule has 1 fully saturated rings. The molecule has 4 rings (SSSR count). The van der Waals surface area contributed by atoms with Gasteiger partial charge in [-0.25, -0.2) is 0 Å². The number of furan rings is 1. The molecule has 2 aromatic heterocycles. The van der Waals surface area contributed by atoms with Gasteiger partial charge in [-0.2, -0.15) is 5.10 Å². The molecule has 0 radical (unpaired) electrons. The number of carbonyl (C=O) groups excluding carboxylic acids is 1. The van der Waals surface area contributed by atoms with Crippen molar-refractivity contribution >= 4 is 46.5 Å². The van der Waals surface area contributed by atoms with E-state index in [9.17, 15) is 9.90 Å². The van der Waals surface area contributed by atoms with Gasteiger partial charge in [0.2, 0.25) is 5.75 Å². The van der Waals surface area contributed by atoms with Gasteiger partial charge in [0.15, 0.2) is 16.7 Å². The highest BCUT2D eigenvalue weighted by molar-refractivity contribution is 8.18. The Bertz CT molecular complexity index is 1160. The third kappa shape index (κ3) is 4.71. The number of methoxy groups -OCH3 is 2. The zero-order valence-electron chi connectivity index (χ0n) is 17.2. The lowest BCUT2D eigenvalue weighted by Crippen LogP contribution is -2.28. The van der Waals surface area contributed by atoms with Crippen molar-refractivity contribution < 1.29 is 23.8 Å². The summed E-state index contributed by atoms with van der Waals surface area (Å²) in [4.78, 5) is 16.1. The zero-order valence-corrected chi connectivity index (χ0v) is 18.9. The summed E-state index contributed by atoms with van der Waals surface area (Å²) in [6.07, 6.45) is 4.89. The summed E-state index contributed by atoms with van der Waals surface area (Å²) in [5.74, 6) is 0.778. The summed E-state index contributed by atoms with van der Waals surface area (Å²) in [5.41, 5.74) is 0.633. The molecule has 3 heterocycles. The van der Waals surface area contributed by atoms with Crippen molar-refractivity contribution in [1.82, 2.24) is 4.90 Å². The maximum Gasteiger partial charge on any atom is 0.267 e. The smallest absolute Gasteiger partial charge is 0.267 e. The van der Waals surface area contributed by atoms with Gasteiger partial charge < -0.3 is 19.0 Å². The monoisotopic (exact) mass is 469 g/mol. The number of amides is 1. The quantitative estimate of drug-likeness (QED) is 0.309. The fourth-order valence-electron chi connectivity index (χ4n) is 2.93. The Labute approximate surface area is 192 Å². The summed E-state index contributed by atoms with van der Waals surface area (Å²) >= 11 is 2.75. The van der Waals surface area contributed by atoms with E-state index < -0.39 is 0 Å². The lowest BCUT2D eigenvalue weighted by molar-refractivity contribution is -0.122. The second-order valence-electron chi connectivity index (χ2n) is 6.50. The fraction of sp³-hybridized carbons (Fsp3) is 0.136. The van der Waals surface area contributed by atoms with Crippen molar-refractivity contribution in [2.45, 2.75) is 6.54 Å². The molecular formula is C22H19N3O5S2. The van der Waals surface area contributed by atoms with E-state index in [1.807, 2.05) is 17.5 Å². The second-order valence-corrected chi connectivity index (χ2v) is 8.49. The van der Waals surface area contributed by atoms with E-state index in [2.05, 4.69) is 10.2 Å². The number of aromatic hydroxyl groups is 1. The molecule has 0 spiro atoms. The maximum absolute atomic E-state index is 13.2. The van der Waals surface area contributed by atoms with Crippen molar-refractivity contribution in [3.63, 3.8) is 0 Å². The molecule has 1 aliphatic rings. The number of nitrogens with zero attached hydrogens (tertiary/aromatic N) is 3. The molecule has 3 aromatic rings. The molecule has 0 bridgehead atoms. The van der Waals surface area contributed by atoms with E-state index in [0.29, 0.717) is 21.4 Å². The van der Waals surface area contributed by atoms with Crippen molar-refractivity contribution in [1.29, 1.82) is 0 Å². The van der Waals surface area contributed by atoms with E-state index >= 15 is 0 Å². The van der Waals surface area contributed by atoms with Crippen LogP contribution in [0.15, 0.2) is 67.6 Å². The molecule has 1 amide bonds. The Morgan fingerprint density at radius 2 is 1.97 bits per heavy atom. The number of carbonyl (C=O) groups is 1. The average molecular weight is 470 g/mol. The maximum atomic E-state index is 13.2. The highest BCUT2D eigenvalue weighted by Gasteiger charge is 2.34. The van der Waals surface area contributed by atoms with E-state index in [-0.39, 0.29) is 29.7 Å². The van der Waals surface area contributed by atoms with Gasteiger partial charge in [0.1, 0.15) is 5.76 Å². The highest BCUT2D eigenvalue weighted by Crippen LogP contribution is 2.39. The third-order valence-corrected chi connectivity index (χ3v) is 6.26. The van der Waals surface area contributed by atoms with Crippen molar-refractivity contribution in [2.24, 2.45) is 10.2 Å². The van der Waals surface area contributed by atoms with Gasteiger partial charge in [0.25, 0.3) is 5.91 Å². The van der Waals surface area contributed by atoms with Crippen LogP contribution in [0.4, 0.5) is 0 Å². The van der Waals surface area contributed by atoms with Crippen LogP contribution < -0.4 is 9.47 Å². The topological polar surface area (TPSA) is 96.9 Å². The highest BCUT2D eigenvalue weighted by atomic mass is 32.2. The molecule has 10 heteroatoms. The van der Waals surface area contributed by atoms with Crippen LogP contribution >= 0.6 is 23.1 Å². The molecule has 0 atom stereocenters. The van der Waals surface area contributed by atoms with E-state index in [0.717, 1.165) is 4.88 Å². The molecule has 0 saturated carbocycles. The number of hydrogen-bond donors (Lipinski definition) is 1. The lowest BCUT2D eigenvalue weighted by Gasteiger charge is -2.12. The molecule has 0 aliphatic carbocycles. The minimum atomic E-state index is -0.234. The minimum absolute atomic E-state index is 0.104. The first-order chi connectivity index (χ1) is 15.6. The van der Waals surface area contributed by atoms with E-state index in [1.165, 1.54) is 30.9 Å². The number of rotatable bonds is 7. The summed E-state index contributed by atoms with van der Waals surface area (Å²) < 4.78 is 15.8. The first-order valence-electron chi connectivity index (χ1n) is 9.42. The van der Waals surface area contributed by atoms with Gasteiger partial charge in [0.05, 0.1) is 38.1 Å². The first kappa shape index (κ1) is 21.7. The van der Waals surface area contributed by atoms with Crippen molar-refractivity contribution in [3.05, 3.63) is 69.1 Å². The Morgan fingerprint density at radius 1 is 1.19 bits per heavy atom. The molecule has 164 valence electrons. The van der Waals surface area contributed by atoms with Gasteiger partial charge in [0, 0.05) is 4.88 Å². The molecule has 1 aliphatic heterocycles. The van der Waals surface area contributed by atoms with Crippen LogP contribution in [0.3, 0.4) is 0 Å². The molecule has 1 saturated heterocycles. The number of hydrogen-bond acceptors (Lipinski definition) is 9. The van der Waals surface area contributed by atoms with E-state index in [4.69, 9.17) is 13.9 Å². The van der Waals surface area contributed by atoms with Crippen LogP contribution in [0.25, 0.3) is 6.08 Å². The van der Waals surface area contributed by atoms with Gasteiger partial charge in [-0.05, 0) is 59.1 Å². The Hall–Kier alpha value is -3.50. The van der Waals surface area contributed by atoms with Gasteiger partial charge in [-0.15, -0.1) is 16.4 Å². The SMILES string of the molecule is COc1cc(/C=C2\S/C(=N\N=C\c3cccs3)N(Cc3ccco3)C2=O)cc(OC)c1O. The Morgan fingerprint density at radius 3 is 2.59 bits per heavy atom. The van der Waals surface area contributed by atoms with Gasteiger partial charge in [-0.1, -0.05) is 6.07 Å². The number of phenolic OH excluding ortho intramolecular Hbond substituents is 1. The van der Waals surface area contributed by atoms with Crippen molar-refractivity contribution in [2.75, 3.05) is 14.2 Å². The normalized spacial score (nSPS) is 16.6. The average Bonchev–Trinajstić information content (AvgIpc) is 3.55.